The minimum absolute atomic E-state index is 0.226. The smallest absolute Gasteiger partial charge is 0.185 e. The van der Waals surface area contributed by atoms with Crippen molar-refractivity contribution in [3.05, 3.63) is 42.1 Å². The number of pyridine rings is 2. The van der Waals surface area contributed by atoms with Crippen LogP contribution in [0.4, 0.5) is 21.6 Å². The molecule has 0 aliphatic carbocycles. The first-order valence-electron chi connectivity index (χ1n) is 5.14. The number of anilines is 3. The molecular weight excluding hydrogens is 221 g/mol. The number of fused-ring (bicyclic) bond motifs is 1. The van der Waals surface area contributed by atoms with E-state index in [1.165, 1.54) is 6.07 Å². The molecule has 0 amide bonds. The Labute approximate surface area is 97.3 Å². The first kappa shape index (κ1) is 9.98. The van der Waals surface area contributed by atoms with Gasteiger partial charge in [0.1, 0.15) is 0 Å². The van der Waals surface area contributed by atoms with E-state index in [1.54, 1.807) is 23.5 Å². The molecule has 0 atom stereocenters. The average molecular weight is 231 g/mol. The maximum absolute atomic E-state index is 13.6. The van der Waals surface area contributed by atoms with Gasteiger partial charge < -0.3 is 0 Å². The van der Waals surface area contributed by atoms with Crippen molar-refractivity contribution < 1.29 is 4.39 Å². The minimum atomic E-state index is -0.385. The topological polar surface area (TPSA) is 53.1 Å². The molecule has 6 heteroatoms. The van der Waals surface area contributed by atoms with Gasteiger partial charge in [-0.25, -0.2) is 14.4 Å². The van der Waals surface area contributed by atoms with Crippen LogP contribution in [-0.2, 0) is 0 Å². The zero-order valence-electron chi connectivity index (χ0n) is 9.11. The summed E-state index contributed by atoms with van der Waals surface area (Å²) in [5, 5.41) is 1.55. The highest BCUT2D eigenvalue weighted by molar-refractivity contribution is 5.77. The quantitative estimate of drug-likeness (QED) is 0.785. The van der Waals surface area contributed by atoms with Gasteiger partial charge >= 0.3 is 0 Å². The Morgan fingerprint density at radius 2 is 2.24 bits per heavy atom. The van der Waals surface area contributed by atoms with E-state index in [0.717, 1.165) is 17.1 Å². The van der Waals surface area contributed by atoms with Gasteiger partial charge in [0.05, 0.1) is 17.6 Å². The lowest BCUT2D eigenvalue weighted by Gasteiger charge is -2.16. The summed E-state index contributed by atoms with van der Waals surface area (Å²) in [6, 6.07) is 4.79. The maximum Gasteiger partial charge on any atom is 0.185 e. The third-order valence-corrected chi connectivity index (χ3v) is 2.51. The van der Waals surface area contributed by atoms with Gasteiger partial charge in [0.2, 0.25) is 0 Å². The number of nitrogens with one attached hydrogen (secondary N) is 2. The predicted octanol–water partition coefficient (Wildman–Crippen LogP) is 1.91. The lowest BCUT2D eigenvalue weighted by Crippen LogP contribution is -2.32. The second-order valence-corrected chi connectivity index (χ2v) is 3.72. The Hall–Kier alpha value is -2.21. The molecule has 5 nitrogen and oxygen atoms in total. The van der Waals surface area contributed by atoms with Crippen molar-refractivity contribution in [2.45, 2.75) is 6.92 Å². The molecule has 0 radical (unpaired) electrons. The van der Waals surface area contributed by atoms with E-state index in [9.17, 15) is 4.39 Å². The van der Waals surface area contributed by atoms with Gasteiger partial charge in [0, 0.05) is 11.9 Å². The van der Waals surface area contributed by atoms with Crippen LogP contribution in [0.3, 0.4) is 0 Å². The molecule has 17 heavy (non-hydrogen) atoms. The number of nitrogens with zero attached hydrogens (tertiary/aromatic N) is 3. The van der Waals surface area contributed by atoms with Gasteiger partial charge in [-0.3, -0.25) is 10.4 Å². The lowest BCUT2D eigenvalue weighted by atomic mass is 10.3. The molecule has 2 aromatic heterocycles. The van der Waals surface area contributed by atoms with E-state index in [-0.39, 0.29) is 11.6 Å². The van der Waals surface area contributed by atoms with Crippen LogP contribution in [0.5, 0.6) is 0 Å². The van der Waals surface area contributed by atoms with Crippen LogP contribution in [-0.4, -0.2) is 9.97 Å². The molecule has 1 aliphatic rings. The first-order chi connectivity index (χ1) is 8.25. The fraction of sp³-hybridized carbons (Fsp3) is 0.0909. The molecule has 2 N–H and O–H groups in total. The molecule has 0 bridgehead atoms. The molecule has 0 saturated heterocycles. The van der Waals surface area contributed by atoms with Gasteiger partial charge in [-0.15, -0.1) is 5.53 Å². The summed E-state index contributed by atoms with van der Waals surface area (Å²) in [7, 11) is 0. The second kappa shape index (κ2) is 3.67. The fourth-order valence-corrected chi connectivity index (χ4v) is 1.71. The van der Waals surface area contributed by atoms with Crippen molar-refractivity contribution in [3.63, 3.8) is 0 Å². The van der Waals surface area contributed by atoms with E-state index in [2.05, 4.69) is 20.9 Å². The monoisotopic (exact) mass is 231 g/mol. The zero-order chi connectivity index (χ0) is 11.8. The fourth-order valence-electron chi connectivity index (χ4n) is 1.71. The molecule has 3 heterocycles. The highest BCUT2D eigenvalue weighted by Crippen LogP contribution is 2.33. The standard InChI is InChI=1S/C11H10FN5/c1-7-5-10-9(6-14-7)15-16-17(10)11-8(12)3-2-4-13-11/h2-6,15-16H,1H3. The molecule has 2 aromatic rings. The van der Waals surface area contributed by atoms with Crippen molar-refractivity contribution in [1.29, 1.82) is 0 Å². The van der Waals surface area contributed by atoms with Gasteiger partial charge in [0.25, 0.3) is 0 Å². The largest absolute Gasteiger partial charge is 0.300 e. The van der Waals surface area contributed by atoms with Crippen molar-refractivity contribution >= 4 is 17.2 Å². The molecule has 0 aromatic carbocycles. The Morgan fingerprint density at radius 1 is 1.35 bits per heavy atom. The molecule has 1 aliphatic heterocycles. The summed E-state index contributed by atoms with van der Waals surface area (Å²) in [5.74, 6) is -0.159. The van der Waals surface area contributed by atoms with Gasteiger partial charge in [-0.05, 0) is 25.1 Å². The number of hydrogen-bond acceptors (Lipinski definition) is 5. The summed E-state index contributed by atoms with van der Waals surface area (Å²) < 4.78 is 13.6. The van der Waals surface area contributed by atoms with Crippen LogP contribution in [0.2, 0.25) is 0 Å². The van der Waals surface area contributed by atoms with Crippen LogP contribution in [0, 0.1) is 12.7 Å². The number of aromatic nitrogens is 2. The van der Waals surface area contributed by atoms with Gasteiger partial charge in [-0.2, -0.15) is 0 Å². The molecule has 0 unspecified atom stereocenters. The van der Waals surface area contributed by atoms with Crippen molar-refractivity contribution in [2.24, 2.45) is 0 Å². The zero-order valence-corrected chi connectivity index (χ0v) is 9.11. The van der Waals surface area contributed by atoms with Crippen molar-refractivity contribution in [2.75, 3.05) is 10.4 Å². The van der Waals surface area contributed by atoms with Crippen molar-refractivity contribution in [1.82, 2.24) is 15.5 Å². The van der Waals surface area contributed by atoms with Crippen LogP contribution >= 0.6 is 0 Å². The molecule has 0 saturated carbocycles. The number of aryl methyl sites for hydroxylation is 1. The number of halogens is 1. The van der Waals surface area contributed by atoms with E-state index in [0.29, 0.717) is 0 Å². The van der Waals surface area contributed by atoms with E-state index >= 15 is 0 Å². The number of hydrogen-bond donors (Lipinski definition) is 2. The Kier molecular flexibility index (Phi) is 2.15. The highest BCUT2D eigenvalue weighted by atomic mass is 19.1. The SMILES string of the molecule is Cc1cc2c(cn1)NNN2c1ncccc1F. The first-order valence-corrected chi connectivity index (χ1v) is 5.14. The van der Waals surface area contributed by atoms with E-state index < -0.39 is 0 Å². The van der Waals surface area contributed by atoms with Crippen LogP contribution in [0.15, 0.2) is 30.6 Å². The summed E-state index contributed by atoms with van der Waals surface area (Å²) >= 11 is 0. The van der Waals surface area contributed by atoms with E-state index in [4.69, 9.17) is 0 Å². The molecule has 0 fully saturated rings. The summed E-state index contributed by atoms with van der Waals surface area (Å²) in [5.41, 5.74) is 8.21. The molecule has 86 valence electrons. The lowest BCUT2D eigenvalue weighted by molar-refractivity contribution is 0.613. The minimum Gasteiger partial charge on any atom is -0.300 e. The third-order valence-electron chi connectivity index (χ3n) is 2.51. The van der Waals surface area contributed by atoms with Crippen LogP contribution in [0.25, 0.3) is 0 Å². The Morgan fingerprint density at radius 3 is 3.06 bits per heavy atom. The third kappa shape index (κ3) is 1.58. The average Bonchev–Trinajstić information content (AvgIpc) is 2.72. The summed E-state index contributed by atoms with van der Waals surface area (Å²) in [6.07, 6.45) is 3.24. The van der Waals surface area contributed by atoms with E-state index in [1.807, 2.05) is 13.0 Å². The normalized spacial score (nSPS) is 13.4. The number of hydrazine groups is 2. The predicted molar refractivity (Wildman–Crippen MR) is 62.1 cm³/mol. The Balaban J connectivity index is 2.10. The van der Waals surface area contributed by atoms with Crippen LogP contribution in [0.1, 0.15) is 5.69 Å². The van der Waals surface area contributed by atoms with Gasteiger partial charge in [0.15, 0.2) is 11.6 Å². The molecule has 0 spiro atoms. The molecule has 3 rings (SSSR count). The number of rotatable bonds is 1. The molecular formula is C11H10FN5. The highest BCUT2D eigenvalue weighted by Gasteiger charge is 2.23. The Bertz CT molecular complexity index is 572. The van der Waals surface area contributed by atoms with Crippen molar-refractivity contribution in [3.8, 4) is 0 Å². The second-order valence-electron chi connectivity index (χ2n) is 3.72. The summed E-state index contributed by atoms with van der Waals surface area (Å²) in [6.45, 7) is 1.88. The van der Waals surface area contributed by atoms with Crippen LogP contribution < -0.4 is 16.0 Å². The maximum atomic E-state index is 13.6. The van der Waals surface area contributed by atoms with Gasteiger partial charge in [-0.1, -0.05) is 0 Å². The summed E-state index contributed by atoms with van der Waals surface area (Å²) in [4.78, 5) is 8.17.